The summed E-state index contributed by atoms with van der Waals surface area (Å²) >= 11 is 4.03. The summed E-state index contributed by atoms with van der Waals surface area (Å²) in [7, 11) is -0.409. The predicted octanol–water partition coefficient (Wildman–Crippen LogP) is 5.50. The first kappa shape index (κ1) is 14.8. The van der Waals surface area contributed by atoms with Crippen LogP contribution in [0.2, 0.25) is 0 Å². The van der Waals surface area contributed by atoms with Gasteiger partial charge in [-0.15, -0.1) is 0 Å². The Hall–Kier alpha value is 0.830. The Kier molecular flexibility index (Phi) is 9.62. The van der Waals surface area contributed by atoms with Gasteiger partial charge in [-0.3, -0.25) is 0 Å². The first-order valence-corrected chi connectivity index (χ1v) is 10.1. The Bertz CT molecular complexity index is 115. The molecule has 0 saturated heterocycles. The molecule has 0 aromatic carbocycles. The van der Waals surface area contributed by atoms with Crippen LogP contribution in [0.3, 0.4) is 0 Å². The van der Waals surface area contributed by atoms with Gasteiger partial charge in [0, 0.05) is 0 Å². The quantitative estimate of drug-likeness (QED) is 0.490. The lowest BCUT2D eigenvalue weighted by atomic mass is 10.3. The van der Waals surface area contributed by atoms with Gasteiger partial charge in [-0.1, -0.05) is 46.5 Å². The molecule has 0 spiro atoms. The van der Waals surface area contributed by atoms with Gasteiger partial charge in [0.15, 0.2) is 0 Å². The van der Waals surface area contributed by atoms with Gasteiger partial charge in [0.2, 0.25) is 0 Å². The van der Waals surface area contributed by atoms with Crippen LogP contribution in [0.15, 0.2) is 0 Å². The Morgan fingerprint density at radius 2 is 1.21 bits per heavy atom. The fourth-order valence-corrected chi connectivity index (χ4v) is 5.21. The molecule has 0 rings (SSSR count). The first-order chi connectivity index (χ1) is 6.68. The molecule has 88 valence electrons. The summed E-state index contributed by atoms with van der Waals surface area (Å²) in [5.74, 6) is 4.25. The third-order valence-corrected chi connectivity index (χ3v) is 9.14. The van der Waals surface area contributed by atoms with Crippen LogP contribution in [-0.4, -0.2) is 17.3 Å². The van der Waals surface area contributed by atoms with E-state index in [1.165, 1.54) is 55.8 Å². The average molecular weight is 283 g/mol. The molecular formula is C12H27BrS. The molecule has 0 N–H and O–H groups in total. The van der Waals surface area contributed by atoms with Crippen molar-refractivity contribution in [3.8, 4) is 0 Å². The van der Waals surface area contributed by atoms with Crippen molar-refractivity contribution < 1.29 is 0 Å². The second-order valence-electron chi connectivity index (χ2n) is 4.05. The van der Waals surface area contributed by atoms with Gasteiger partial charge in [-0.05, 0) is 44.9 Å². The third kappa shape index (κ3) is 7.17. The Morgan fingerprint density at radius 3 is 1.50 bits per heavy atom. The predicted molar refractivity (Wildman–Crippen MR) is 75.8 cm³/mol. The maximum atomic E-state index is 4.03. The Labute approximate surface area is 99.8 Å². The minimum absolute atomic E-state index is 0.409. The molecule has 0 atom stereocenters. The van der Waals surface area contributed by atoms with E-state index in [1.807, 2.05) is 0 Å². The fraction of sp³-hybridized carbons (Fsp3) is 1.00. The van der Waals surface area contributed by atoms with Gasteiger partial charge < -0.3 is 0 Å². The van der Waals surface area contributed by atoms with Crippen molar-refractivity contribution in [3.05, 3.63) is 0 Å². The average Bonchev–Trinajstić information content (AvgIpc) is 2.19. The van der Waals surface area contributed by atoms with Gasteiger partial charge in [0.1, 0.15) is 0 Å². The minimum Gasteiger partial charge on any atom is -0.183 e. The summed E-state index contributed by atoms with van der Waals surface area (Å²) in [5.41, 5.74) is 0. The zero-order valence-corrected chi connectivity index (χ0v) is 12.6. The molecule has 0 bridgehead atoms. The number of hydrogen-bond donors (Lipinski definition) is 0. The van der Waals surface area contributed by atoms with Gasteiger partial charge in [-0.2, -0.15) is 8.46 Å². The lowest BCUT2D eigenvalue weighted by molar-refractivity contribution is 0.764. The Morgan fingerprint density at radius 1 is 0.786 bits per heavy atom. The van der Waals surface area contributed by atoms with Crippen LogP contribution in [-0.2, 0) is 0 Å². The minimum atomic E-state index is -0.409. The number of hydrogen-bond acceptors (Lipinski definition) is 0. The molecule has 0 nitrogen and oxygen atoms in total. The van der Waals surface area contributed by atoms with E-state index >= 15 is 0 Å². The molecule has 0 unspecified atom stereocenters. The normalized spacial score (nSPS) is 13.1. The van der Waals surface area contributed by atoms with Gasteiger partial charge in [0.25, 0.3) is 0 Å². The highest BCUT2D eigenvalue weighted by atomic mass is 79.9. The van der Waals surface area contributed by atoms with Crippen molar-refractivity contribution in [1.82, 2.24) is 0 Å². The largest absolute Gasteiger partial charge is 0.183 e. The summed E-state index contributed by atoms with van der Waals surface area (Å²) < 4.78 is 0. The van der Waals surface area contributed by atoms with E-state index < -0.39 is 8.46 Å². The number of unbranched alkanes of at least 4 members (excludes halogenated alkanes) is 4. The standard InChI is InChI=1S/C12H27BrS/c1-4-7-9-11-14(13,6-3)12-10-8-5-2/h4-12H2,1-3H3. The van der Waals surface area contributed by atoms with Crippen LogP contribution in [0.25, 0.3) is 0 Å². The van der Waals surface area contributed by atoms with Crippen LogP contribution in [0.5, 0.6) is 0 Å². The highest BCUT2D eigenvalue weighted by Crippen LogP contribution is 2.56. The molecule has 0 aromatic rings. The summed E-state index contributed by atoms with van der Waals surface area (Å²) in [4.78, 5) is 0. The molecule has 0 radical (unpaired) electrons. The van der Waals surface area contributed by atoms with Crippen molar-refractivity contribution in [3.63, 3.8) is 0 Å². The molecular weight excluding hydrogens is 256 g/mol. The SMILES string of the molecule is CCCCCS(Br)(CC)CCCCC. The second kappa shape index (κ2) is 9.08. The van der Waals surface area contributed by atoms with E-state index in [2.05, 4.69) is 35.6 Å². The molecule has 0 aromatic heterocycles. The molecule has 0 aliphatic carbocycles. The van der Waals surface area contributed by atoms with E-state index in [1.54, 1.807) is 0 Å². The van der Waals surface area contributed by atoms with Crippen LogP contribution in [0.4, 0.5) is 0 Å². The van der Waals surface area contributed by atoms with Crippen LogP contribution >= 0.6 is 23.3 Å². The molecule has 0 amide bonds. The van der Waals surface area contributed by atoms with Crippen LogP contribution in [0, 0.1) is 0 Å². The molecule has 0 fully saturated rings. The van der Waals surface area contributed by atoms with Gasteiger partial charge in [0.05, 0.1) is 0 Å². The highest BCUT2D eigenvalue weighted by molar-refractivity contribution is 9.58. The van der Waals surface area contributed by atoms with Crippen molar-refractivity contribution in [2.24, 2.45) is 0 Å². The van der Waals surface area contributed by atoms with Crippen LogP contribution < -0.4 is 0 Å². The summed E-state index contributed by atoms with van der Waals surface area (Å²) in [6, 6.07) is 0. The van der Waals surface area contributed by atoms with Crippen molar-refractivity contribution in [2.75, 3.05) is 17.3 Å². The molecule has 0 aliphatic rings. The lowest BCUT2D eigenvalue weighted by Gasteiger charge is -2.32. The van der Waals surface area contributed by atoms with E-state index in [0.29, 0.717) is 0 Å². The van der Waals surface area contributed by atoms with Crippen molar-refractivity contribution >= 4 is 23.3 Å². The smallest absolute Gasteiger partial charge is 0.0136 e. The van der Waals surface area contributed by atoms with Crippen molar-refractivity contribution in [1.29, 1.82) is 0 Å². The second-order valence-corrected chi connectivity index (χ2v) is 11.4. The maximum Gasteiger partial charge on any atom is -0.0136 e. The molecule has 0 aliphatic heterocycles. The number of rotatable bonds is 9. The van der Waals surface area contributed by atoms with Gasteiger partial charge in [-0.25, -0.2) is 0 Å². The van der Waals surface area contributed by atoms with E-state index in [-0.39, 0.29) is 0 Å². The summed E-state index contributed by atoms with van der Waals surface area (Å²) in [6.45, 7) is 6.92. The van der Waals surface area contributed by atoms with E-state index in [9.17, 15) is 0 Å². The molecule has 14 heavy (non-hydrogen) atoms. The maximum absolute atomic E-state index is 4.03. The monoisotopic (exact) mass is 282 g/mol. The molecule has 2 heteroatoms. The summed E-state index contributed by atoms with van der Waals surface area (Å²) in [5, 5.41) is 0. The van der Waals surface area contributed by atoms with E-state index in [4.69, 9.17) is 0 Å². The van der Waals surface area contributed by atoms with Gasteiger partial charge >= 0.3 is 0 Å². The first-order valence-electron chi connectivity index (χ1n) is 6.14. The number of halogens is 1. The molecule has 0 heterocycles. The fourth-order valence-electron chi connectivity index (χ4n) is 1.61. The zero-order valence-electron chi connectivity index (χ0n) is 10.2. The Balaban J connectivity index is 3.67. The topological polar surface area (TPSA) is 0 Å². The summed E-state index contributed by atoms with van der Waals surface area (Å²) in [6.07, 6.45) is 8.37. The lowest BCUT2D eigenvalue weighted by Crippen LogP contribution is -2.05. The van der Waals surface area contributed by atoms with Crippen molar-refractivity contribution in [2.45, 2.75) is 59.3 Å². The van der Waals surface area contributed by atoms with E-state index in [0.717, 1.165) is 0 Å². The van der Waals surface area contributed by atoms with Crippen LogP contribution in [0.1, 0.15) is 59.3 Å². The third-order valence-electron chi connectivity index (χ3n) is 2.74. The zero-order chi connectivity index (χ0) is 10.9. The highest BCUT2D eigenvalue weighted by Gasteiger charge is 2.16. The molecule has 0 saturated carbocycles.